The fourth-order valence-corrected chi connectivity index (χ4v) is 2.09. The van der Waals surface area contributed by atoms with E-state index in [4.69, 9.17) is 13.1 Å². The molecule has 0 amide bonds. The number of unbranched alkanes of at least 4 members (excludes halogenated alkanes) is 6. The molecule has 116 valence electrons. The van der Waals surface area contributed by atoms with Gasteiger partial charge in [0.15, 0.2) is 0 Å². The first kappa shape index (κ1) is 19.3. The van der Waals surface area contributed by atoms with E-state index in [9.17, 15) is 0 Å². The molecule has 0 aliphatic carbocycles. The van der Waals surface area contributed by atoms with Gasteiger partial charge in [-0.25, -0.2) is 0 Å². The Bertz CT molecular complexity index is 354. The average Bonchev–Trinajstić information content (AvgIpc) is 2.51. The Balaban J connectivity index is 4.29. The maximum atomic E-state index is 6.86. The zero-order chi connectivity index (χ0) is 15.8. The summed E-state index contributed by atoms with van der Waals surface area (Å²) in [5.41, 5.74) is 0. The molecule has 0 rings (SSSR count). The molecule has 0 aromatic rings. The Hall–Kier alpha value is -1.74. The van der Waals surface area contributed by atoms with Crippen LogP contribution in [0.2, 0.25) is 0 Å². The van der Waals surface area contributed by atoms with Crippen molar-refractivity contribution in [1.82, 2.24) is 4.90 Å². The van der Waals surface area contributed by atoms with E-state index in [1.54, 1.807) is 6.08 Å². The van der Waals surface area contributed by atoms with Gasteiger partial charge in [0.25, 0.3) is 0 Å². The predicted molar refractivity (Wildman–Crippen MR) is 90.3 cm³/mol. The van der Waals surface area contributed by atoms with Crippen LogP contribution >= 0.6 is 0 Å². The van der Waals surface area contributed by atoms with E-state index in [1.807, 2.05) is 12.3 Å². The lowest BCUT2D eigenvalue weighted by atomic mass is 10.2. The molecule has 0 aliphatic heterocycles. The van der Waals surface area contributed by atoms with E-state index in [0.717, 1.165) is 13.1 Å². The maximum Gasteiger partial charge on any atom is 0.519 e. The van der Waals surface area contributed by atoms with Gasteiger partial charge in [0.1, 0.15) is 13.1 Å². The van der Waals surface area contributed by atoms with Crippen molar-refractivity contribution in [3.63, 3.8) is 0 Å². The molecule has 0 radical (unpaired) electrons. The van der Waals surface area contributed by atoms with Crippen LogP contribution in [0.5, 0.6) is 0 Å². The van der Waals surface area contributed by atoms with E-state index in [1.165, 1.54) is 51.4 Å². The van der Waals surface area contributed by atoms with Gasteiger partial charge in [0.2, 0.25) is 0 Å². The highest BCUT2D eigenvalue weighted by molar-refractivity contribution is 5.23. The third-order valence-corrected chi connectivity index (χ3v) is 3.37. The molecule has 3 heteroatoms. The summed E-state index contributed by atoms with van der Waals surface area (Å²) in [6.07, 6.45) is 15.6. The van der Waals surface area contributed by atoms with Crippen molar-refractivity contribution < 1.29 is 0 Å². The Morgan fingerprint density at radius 1 is 0.857 bits per heavy atom. The summed E-state index contributed by atoms with van der Waals surface area (Å²) < 4.78 is 0. The summed E-state index contributed by atoms with van der Waals surface area (Å²) in [7, 11) is 0. The van der Waals surface area contributed by atoms with Crippen molar-refractivity contribution in [3.8, 4) is 0 Å². The van der Waals surface area contributed by atoms with Gasteiger partial charge >= 0.3 is 5.82 Å². The molecule has 0 heterocycles. The molecule has 0 saturated carbocycles. The second-order valence-electron chi connectivity index (χ2n) is 5.25. The summed E-state index contributed by atoms with van der Waals surface area (Å²) in [5.74, 6) is 0.128. The number of rotatable bonds is 12. The first-order valence-electron chi connectivity index (χ1n) is 8.15. The lowest BCUT2D eigenvalue weighted by Crippen LogP contribution is -2.20. The predicted octanol–water partition coefficient (Wildman–Crippen LogP) is 5.64. The molecule has 0 atom stereocenters. The van der Waals surface area contributed by atoms with Crippen LogP contribution in [-0.2, 0) is 0 Å². The molecule has 0 saturated heterocycles. The number of hydrogen-bond donors (Lipinski definition) is 0. The smallest absolute Gasteiger partial charge is 0.377 e. The molecule has 21 heavy (non-hydrogen) atoms. The number of nitrogens with zero attached hydrogens (tertiary/aromatic N) is 3. The Kier molecular flexibility index (Phi) is 13.4. The van der Waals surface area contributed by atoms with Crippen molar-refractivity contribution in [2.24, 2.45) is 0 Å². The first-order chi connectivity index (χ1) is 10.3. The molecule has 0 N–H and O–H groups in total. The Morgan fingerprint density at radius 3 is 1.81 bits per heavy atom. The van der Waals surface area contributed by atoms with Gasteiger partial charge in [0, 0.05) is 19.2 Å². The quantitative estimate of drug-likeness (QED) is 0.257. The van der Waals surface area contributed by atoms with Crippen LogP contribution in [0, 0.1) is 13.1 Å². The standard InChI is InChI=1S/C18H29N3/c1-5-7-9-11-15-21(16-12-10-8-6-2)17-13-14-18(19-3)20-4/h13-14,17H,5-12,15-16H2,1-2H3/b17-13-. The minimum atomic E-state index is 0.128. The molecule has 0 aromatic heterocycles. The molecule has 0 aromatic carbocycles. The van der Waals surface area contributed by atoms with Gasteiger partial charge in [-0.3, -0.25) is 0 Å². The summed E-state index contributed by atoms with van der Waals surface area (Å²) >= 11 is 0. The highest BCUT2D eigenvalue weighted by Gasteiger charge is 2.01. The van der Waals surface area contributed by atoms with Crippen molar-refractivity contribution in [1.29, 1.82) is 0 Å². The van der Waals surface area contributed by atoms with Crippen LogP contribution in [0.4, 0.5) is 0 Å². The molecular formula is C18H29N3. The summed E-state index contributed by atoms with van der Waals surface area (Å²) in [6, 6.07) is 0. The highest BCUT2D eigenvalue weighted by Crippen LogP contribution is 2.06. The fraction of sp³-hybridized carbons (Fsp3) is 0.667. The van der Waals surface area contributed by atoms with E-state index >= 15 is 0 Å². The average molecular weight is 287 g/mol. The van der Waals surface area contributed by atoms with E-state index in [-0.39, 0.29) is 5.82 Å². The number of allylic oxidation sites excluding steroid dienone is 2. The van der Waals surface area contributed by atoms with Crippen LogP contribution in [0.3, 0.4) is 0 Å². The van der Waals surface area contributed by atoms with Gasteiger partial charge < -0.3 is 4.90 Å². The molecule has 0 unspecified atom stereocenters. The molecule has 3 nitrogen and oxygen atoms in total. The zero-order valence-electron chi connectivity index (χ0n) is 13.6. The third-order valence-electron chi connectivity index (χ3n) is 3.37. The van der Waals surface area contributed by atoms with Crippen molar-refractivity contribution in [2.45, 2.75) is 65.2 Å². The Labute approximate surface area is 131 Å². The van der Waals surface area contributed by atoms with E-state index in [0.29, 0.717) is 0 Å². The van der Waals surface area contributed by atoms with E-state index < -0.39 is 0 Å². The minimum absolute atomic E-state index is 0.128. The highest BCUT2D eigenvalue weighted by atomic mass is 15.1. The summed E-state index contributed by atoms with van der Waals surface area (Å²) in [4.78, 5) is 8.65. The lowest BCUT2D eigenvalue weighted by Gasteiger charge is -2.20. The van der Waals surface area contributed by atoms with E-state index in [2.05, 4.69) is 28.4 Å². The molecule has 0 fully saturated rings. The normalized spacial score (nSPS) is 10.1. The summed E-state index contributed by atoms with van der Waals surface area (Å²) in [5, 5.41) is 0. The van der Waals surface area contributed by atoms with Gasteiger partial charge in [-0.1, -0.05) is 52.4 Å². The SMILES string of the molecule is [C-]#[N+]C(=C/C=C\N(CCCCCC)CCCCCC)[N+]#[C-]. The van der Waals surface area contributed by atoms with Crippen LogP contribution in [-0.4, -0.2) is 18.0 Å². The van der Waals surface area contributed by atoms with Crippen molar-refractivity contribution in [3.05, 3.63) is 47.0 Å². The van der Waals surface area contributed by atoms with Gasteiger partial charge in [-0.15, -0.1) is 0 Å². The largest absolute Gasteiger partial charge is 0.519 e. The van der Waals surface area contributed by atoms with Crippen molar-refractivity contribution >= 4 is 0 Å². The molecular weight excluding hydrogens is 258 g/mol. The summed E-state index contributed by atoms with van der Waals surface area (Å²) in [6.45, 7) is 20.3. The first-order valence-corrected chi connectivity index (χ1v) is 8.15. The van der Waals surface area contributed by atoms with Gasteiger partial charge in [-0.05, 0) is 25.1 Å². The Morgan fingerprint density at radius 2 is 1.38 bits per heavy atom. The fourth-order valence-electron chi connectivity index (χ4n) is 2.09. The second kappa shape index (κ2) is 14.7. The minimum Gasteiger partial charge on any atom is -0.377 e. The van der Waals surface area contributed by atoms with Crippen LogP contribution < -0.4 is 0 Å². The molecule has 0 aliphatic rings. The topological polar surface area (TPSA) is 12.0 Å². The third kappa shape index (κ3) is 11.8. The van der Waals surface area contributed by atoms with Crippen molar-refractivity contribution in [2.75, 3.05) is 13.1 Å². The zero-order valence-corrected chi connectivity index (χ0v) is 13.6. The lowest BCUT2D eigenvalue weighted by molar-refractivity contribution is 0.351. The van der Waals surface area contributed by atoms with Crippen LogP contribution in [0.1, 0.15) is 65.2 Å². The second-order valence-corrected chi connectivity index (χ2v) is 5.25. The van der Waals surface area contributed by atoms with Crippen LogP contribution in [0.25, 0.3) is 9.69 Å². The van der Waals surface area contributed by atoms with Gasteiger partial charge in [0.05, 0.1) is 0 Å². The van der Waals surface area contributed by atoms with Crippen LogP contribution in [0.15, 0.2) is 24.2 Å². The molecule has 0 spiro atoms. The monoisotopic (exact) mass is 287 g/mol. The molecule has 0 bridgehead atoms. The maximum absolute atomic E-state index is 6.86. The number of hydrogen-bond acceptors (Lipinski definition) is 1. The van der Waals surface area contributed by atoms with Gasteiger partial charge in [-0.2, -0.15) is 9.69 Å².